The van der Waals surface area contributed by atoms with Gasteiger partial charge in [-0.05, 0) is 6.42 Å². The Balaban J connectivity index is 3.37. The second-order valence-electron chi connectivity index (χ2n) is 1.21. The predicted molar refractivity (Wildman–Crippen MR) is 34.5 cm³/mol. The summed E-state index contributed by atoms with van der Waals surface area (Å²) >= 11 is 2.54. The zero-order valence-corrected chi connectivity index (χ0v) is 6.14. The van der Waals surface area contributed by atoms with Crippen LogP contribution < -0.4 is 0 Å². The highest BCUT2D eigenvalue weighted by molar-refractivity contribution is 9.06. The summed E-state index contributed by atoms with van der Waals surface area (Å²) in [7, 11) is 0. The maximum Gasteiger partial charge on any atom is 0.341 e. The van der Waals surface area contributed by atoms with E-state index in [-0.39, 0.29) is 5.97 Å². The van der Waals surface area contributed by atoms with Crippen molar-refractivity contribution in [3.05, 3.63) is 12.2 Å². The van der Waals surface area contributed by atoms with Gasteiger partial charge in [0.1, 0.15) is 0 Å². The molecule has 0 aromatic heterocycles. The van der Waals surface area contributed by atoms with Crippen molar-refractivity contribution in [3.8, 4) is 0 Å². The Morgan fingerprint density at radius 2 is 2.50 bits per heavy atom. The van der Waals surface area contributed by atoms with Gasteiger partial charge in [-0.25, -0.2) is 4.79 Å². The molecule has 0 atom stereocenters. The molecule has 0 radical (unpaired) electrons. The van der Waals surface area contributed by atoms with E-state index < -0.39 is 0 Å². The van der Waals surface area contributed by atoms with Gasteiger partial charge in [-0.3, -0.25) is 0 Å². The number of hydrogen-bond donors (Lipinski definition) is 0. The van der Waals surface area contributed by atoms with E-state index in [0.717, 1.165) is 6.42 Å². The first-order valence-electron chi connectivity index (χ1n) is 2.30. The molecule has 0 aliphatic rings. The molecule has 0 aromatic rings. The van der Waals surface area contributed by atoms with E-state index in [2.05, 4.69) is 20.1 Å². The fourth-order valence-corrected chi connectivity index (χ4v) is 0.348. The molecule has 8 heavy (non-hydrogen) atoms. The van der Waals surface area contributed by atoms with Crippen LogP contribution in [0.2, 0.25) is 0 Å². The van der Waals surface area contributed by atoms with Crippen LogP contribution in [0.5, 0.6) is 0 Å². The van der Waals surface area contributed by atoms with E-state index in [1.54, 1.807) is 6.08 Å². The number of rotatable bonds is 2. The summed E-state index contributed by atoms with van der Waals surface area (Å²) in [5.74, 6) is -0.369. The van der Waals surface area contributed by atoms with Crippen molar-refractivity contribution in [2.24, 2.45) is 0 Å². The van der Waals surface area contributed by atoms with E-state index in [4.69, 9.17) is 0 Å². The summed E-state index contributed by atoms with van der Waals surface area (Å²) < 4.78 is 4.14. The number of carbonyl (C=O) groups is 1. The van der Waals surface area contributed by atoms with Crippen LogP contribution >= 0.6 is 16.3 Å². The number of halogens is 1. The van der Waals surface area contributed by atoms with E-state index in [9.17, 15) is 4.79 Å². The highest BCUT2D eigenvalue weighted by atomic mass is 79.9. The second-order valence-corrected chi connectivity index (χ2v) is 1.53. The minimum absolute atomic E-state index is 0.369. The lowest BCUT2D eigenvalue weighted by atomic mass is 10.4. The fourth-order valence-electron chi connectivity index (χ4n) is 0.240. The second kappa shape index (κ2) is 4.84. The summed E-state index contributed by atoms with van der Waals surface area (Å²) in [6.45, 7) is 1.94. The monoisotopic (exact) mass is 178 g/mol. The summed E-state index contributed by atoms with van der Waals surface area (Å²) in [5.41, 5.74) is 0. The summed E-state index contributed by atoms with van der Waals surface area (Å²) in [6.07, 6.45) is 3.94. The minimum atomic E-state index is -0.369. The van der Waals surface area contributed by atoms with Gasteiger partial charge in [0.15, 0.2) is 16.3 Å². The highest BCUT2D eigenvalue weighted by Gasteiger charge is 1.88. The van der Waals surface area contributed by atoms with Crippen LogP contribution in [0.1, 0.15) is 13.3 Å². The van der Waals surface area contributed by atoms with Gasteiger partial charge in [-0.15, -0.1) is 0 Å². The van der Waals surface area contributed by atoms with E-state index in [1.807, 2.05) is 6.92 Å². The maximum atomic E-state index is 10.2. The molecule has 0 amide bonds. The molecule has 46 valence electrons. The molecule has 0 rings (SSSR count). The molecule has 0 saturated heterocycles. The standard InChI is InChI=1S/C5H7BrO2/c1-2-3-4-5(7)8-6/h3-4H,2H2,1H3/b4-3+. The van der Waals surface area contributed by atoms with Gasteiger partial charge in [-0.1, -0.05) is 13.0 Å². The Hall–Kier alpha value is -0.310. The molecule has 0 bridgehead atoms. The first-order chi connectivity index (χ1) is 3.81. The van der Waals surface area contributed by atoms with E-state index in [1.165, 1.54) is 6.08 Å². The molecule has 0 fully saturated rings. The van der Waals surface area contributed by atoms with Crippen LogP contribution in [-0.4, -0.2) is 5.97 Å². The topological polar surface area (TPSA) is 26.3 Å². The zero-order valence-electron chi connectivity index (χ0n) is 4.56. The van der Waals surface area contributed by atoms with Gasteiger partial charge < -0.3 is 3.83 Å². The molecule has 0 unspecified atom stereocenters. The molecular weight excluding hydrogens is 172 g/mol. The first-order valence-corrected chi connectivity index (χ1v) is 2.95. The predicted octanol–water partition coefficient (Wildman–Crippen LogP) is 1.81. The normalized spacial score (nSPS) is 9.75. The summed E-state index contributed by atoms with van der Waals surface area (Å²) in [4.78, 5) is 10.2. The van der Waals surface area contributed by atoms with Crippen LogP contribution in [0.25, 0.3) is 0 Å². The van der Waals surface area contributed by atoms with Crippen molar-refractivity contribution >= 4 is 22.2 Å². The molecular formula is C5H7BrO2. The van der Waals surface area contributed by atoms with Crippen LogP contribution in [0.15, 0.2) is 12.2 Å². The van der Waals surface area contributed by atoms with Gasteiger partial charge in [0.05, 0.1) is 0 Å². The lowest BCUT2D eigenvalue weighted by Crippen LogP contribution is -1.87. The Morgan fingerprint density at radius 1 is 1.88 bits per heavy atom. The lowest BCUT2D eigenvalue weighted by Gasteiger charge is -1.82. The summed E-state index contributed by atoms with van der Waals surface area (Å²) in [5, 5.41) is 0. The fraction of sp³-hybridized carbons (Fsp3) is 0.400. The van der Waals surface area contributed by atoms with E-state index >= 15 is 0 Å². The van der Waals surface area contributed by atoms with Gasteiger partial charge in [0.2, 0.25) is 0 Å². The Morgan fingerprint density at radius 3 is 2.88 bits per heavy atom. The molecule has 0 N–H and O–H groups in total. The van der Waals surface area contributed by atoms with Gasteiger partial charge in [0.25, 0.3) is 0 Å². The van der Waals surface area contributed by atoms with Crippen LogP contribution in [0.4, 0.5) is 0 Å². The average molecular weight is 179 g/mol. The molecule has 0 aromatic carbocycles. The largest absolute Gasteiger partial charge is 0.380 e. The van der Waals surface area contributed by atoms with Crippen molar-refractivity contribution < 1.29 is 8.62 Å². The minimum Gasteiger partial charge on any atom is -0.380 e. The third-order valence-electron chi connectivity index (χ3n) is 0.566. The molecule has 3 heteroatoms. The van der Waals surface area contributed by atoms with Crippen molar-refractivity contribution in [1.82, 2.24) is 0 Å². The van der Waals surface area contributed by atoms with Gasteiger partial charge in [0, 0.05) is 6.08 Å². The zero-order chi connectivity index (χ0) is 6.41. The third-order valence-corrected chi connectivity index (χ3v) is 0.885. The molecule has 0 aliphatic heterocycles. The van der Waals surface area contributed by atoms with Crippen LogP contribution in [0, 0.1) is 0 Å². The summed E-state index contributed by atoms with van der Waals surface area (Å²) in [6, 6.07) is 0. The van der Waals surface area contributed by atoms with Gasteiger partial charge in [-0.2, -0.15) is 0 Å². The lowest BCUT2D eigenvalue weighted by molar-refractivity contribution is -0.127. The van der Waals surface area contributed by atoms with Gasteiger partial charge >= 0.3 is 5.97 Å². The average Bonchev–Trinajstić information content (AvgIpc) is 1.83. The van der Waals surface area contributed by atoms with E-state index in [0.29, 0.717) is 0 Å². The molecule has 0 aliphatic carbocycles. The maximum absolute atomic E-state index is 10.2. The highest BCUT2D eigenvalue weighted by Crippen LogP contribution is 1.88. The molecule has 0 spiro atoms. The Kier molecular flexibility index (Phi) is 4.65. The molecule has 0 heterocycles. The quantitative estimate of drug-likeness (QED) is 0.604. The molecule has 2 nitrogen and oxygen atoms in total. The molecule has 0 saturated carbocycles. The Labute approximate surface area is 57.0 Å². The SMILES string of the molecule is CC/C=C/C(=O)OBr. The number of hydrogen-bond acceptors (Lipinski definition) is 2. The van der Waals surface area contributed by atoms with Crippen molar-refractivity contribution in [3.63, 3.8) is 0 Å². The van der Waals surface area contributed by atoms with Crippen LogP contribution in [-0.2, 0) is 8.62 Å². The van der Waals surface area contributed by atoms with Crippen molar-refractivity contribution in [2.75, 3.05) is 0 Å². The van der Waals surface area contributed by atoms with Crippen LogP contribution in [0.3, 0.4) is 0 Å². The number of carbonyl (C=O) groups excluding carboxylic acids is 1. The smallest absolute Gasteiger partial charge is 0.341 e. The Bertz CT molecular complexity index is 98.6. The third kappa shape index (κ3) is 3.87. The number of allylic oxidation sites excluding steroid dienone is 1. The van der Waals surface area contributed by atoms with Crippen molar-refractivity contribution in [2.45, 2.75) is 13.3 Å². The first kappa shape index (κ1) is 7.69. The van der Waals surface area contributed by atoms with Crippen molar-refractivity contribution in [1.29, 1.82) is 0 Å².